The number of hydrogen-bond donors (Lipinski definition) is 2. The van der Waals surface area contributed by atoms with E-state index in [1.807, 2.05) is 26.0 Å². The second kappa shape index (κ2) is 14.3. The molecule has 1 aromatic carbocycles. The van der Waals surface area contributed by atoms with E-state index in [0.29, 0.717) is 12.0 Å². The SMILES string of the molecule is CC.CC(C)[C@@H](Cc1ccccc1I)OC(=O)NC1CC1.COCO.[HH]. The Morgan fingerprint density at radius 2 is 1.92 bits per heavy atom. The van der Waals surface area contributed by atoms with E-state index in [9.17, 15) is 4.79 Å². The molecule has 0 heterocycles. The molecule has 0 radical (unpaired) electrons. The van der Waals surface area contributed by atoms with Crippen LogP contribution in [0.15, 0.2) is 24.3 Å². The van der Waals surface area contributed by atoms with Crippen LogP contribution in [0.25, 0.3) is 0 Å². The Kier molecular flexibility index (Phi) is 13.8. The standard InChI is InChI=1S/C15H20INO2.C2H6O2.C2H6.H2/c1-10(2)14(19-15(18)17-12-7-8-12)9-11-5-3-4-6-13(11)16;1-4-2-3;1-2;/h3-6,10,12,14H,7-9H2,1-2H3,(H,17,18);3H,2H2,1H3;1-2H3;1H/t14-;;;/m1.../s1. The maximum absolute atomic E-state index is 11.7. The summed E-state index contributed by atoms with van der Waals surface area (Å²) in [5.41, 5.74) is 1.24. The van der Waals surface area contributed by atoms with Gasteiger partial charge in [-0.2, -0.15) is 0 Å². The van der Waals surface area contributed by atoms with E-state index in [-0.39, 0.29) is 20.4 Å². The molecule has 0 aromatic heterocycles. The van der Waals surface area contributed by atoms with Gasteiger partial charge in [-0.15, -0.1) is 0 Å². The molecule has 1 atom stereocenters. The van der Waals surface area contributed by atoms with E-state index in [2.05, 4.69) is 58.6 Å². The summed E-state index contributed by atoms with van der Waals surface area (Å²) in [5, 5.41) is 10.5. The highest BCUT2D eigenvalue weighted by atomic mass is 127. The van der Waals surface area contributed by atoms with Gasteiger partial charge in [-0.3, -0.25) is 0 Å². The van der Waals surface area contributed by atoms with E-state index in [1.54, 1.807) is 0 Å². The van der Waals surface area contributed by atoms with E-state index in [4.69, 9.17) is 9.84 Å². The van der Waals surface area contributed by atoms with Crippen molar-refractivity contribution in [3.63, 3.8) is 0 Å². The molecular weight excluding hydrogens is 433 g/mol. The Morgan fingerprint density at radius 3 is 2.36 bits per heavy atom. The second-order valence-electron chi connectivity index (χ2n) is 5.82. The molecule has 1 aliphatic carbocycles. The van der Waals surface area contributed by atoms with E-state index in [0.717, 1.165) is 19.3 Å². The van der Waals surface area contributed by atoms with Crippen molar-refractivity contribution in [3.05, 3.63) is 33.4 Å². The molecule has 1 fully saturated rings. The van der Waals surface area contributed by atoms with Gasteiger partial charge in [0.1, 0.15) is 12.9 Å². The zero-order valence-electron chi connectivity index (χ0n) is 15.9. The van der Waals surface area contributed by atoms with Crippen molar-refractivity contribution < 1.29 is 20.8 Å². The number of nitrogens with one attached hydrogen (secondary N) is 1. The summed E-state index contributed by atoms with van der Waals surface area (Å²) in [5.74, 6) is 0.306. The van der Waals surface area contributed by atoms with Crippen LogP contribution >= 0.6 is 22.6 Å². The average Bonchev–Trinajstić information content (AvgIpc) is 3.42. The molecule has 0 unspecified atom stereocenters. The summed E-state index contributed by atoms with van der Waals surface area (Å²) < 4.78 is 10.9. The smallest absolute Gasteiger partial charge is 0.407 e. The topological polar surface area (TPSA) is 67.8 Å². The van der Waals surface area contributed by atoms with Crippen molar-refractivity contribution in [1.29, 1.82) is 0 Å². The molecule has 1 aromatic rings. The maximum atomic E-state index is 11.7. The predicted octanol–water partition coefficient (Wildman–Crippen LogP) is 4.60. The molecule has 0 saturated heterocycles. The van der Waals surface area contributed by atoms with Gasteiger partial charge in [-0.1, -0.05) is 45.9 Å². The monoisotopic (exact) mass is 467 g/mol. The first-order valence-corrected chi connectivity index (χ1v) is 9.86. The van der Waals surface area contributed by atoms with Gasteiger partial charge in [0.25, 0.3) is 0 Å². The Balaban J connectivity index is 0. The minimum absolute atomic E-state index is 0. The third-order valence-electron chi connectivity index (χ3n) is 3.41. The molecule has 5 nitrogen and oxygen atoms in total. The number of aliphatic hydroxyl groups excluding tert-OH is 1. The average molecular weight is 467 g/mol. The molecule has 0 bridgehead atoms. The zero-order valence-corrected chi connectivity index (χ0v) is 18.1. The van der Waals surface area contributed by atoms with Gasteiger partial charge in [-0.05, 0) is 53.0 Å². The van der Waals surface area contributed by atoms with Crippen LogP contribution < -0.4 is 5.32 Å². The number of alkyl carbamates (subject to hydrolysis) is 1. The second-order valence-corrected chi connectivity index (χ2v) is 6.98. The highest BCUT2D eigenvalue weighted by Crippen LogP contribution is 2.21. The third-order valence-corrected chi connectivity index (χ3v) is 4.46. The number of amides is 1. The number of hydrogen-bond acceptors (Lipinski definition) is 4. The van der Waals surface area contributed by atoms with E-state index >= 15 is 0 Å². The number of carbonyl (C=O) groups is 1. The van der Waals surface area contributed by atoms with Crippen LogP contribution in [-0.2, 0) is 15.9 Å². The summed E-state index contributed by atoms with van der Waals surface area (Å²) in [6.45, 7) is 8.00. The number of benzene rings is 1. The molecule has 2 N–H and O–H groups in total. The van der Waals surface area contributed by atoms with Crippen LogP contribution in [0, 0.1) is 9.49 Å². The van der Waals surface area contributed by atoms with E-state index in [1.165, 1.54) is 16.2 Å². The summed E-state index contributed by atoms with van der Waals surface area (Å²) in [6.07, 6.45) is 2.59. The van der Waals surface area contributed by atoms with Crippen molar-refractivity contribution >= 4 is 28.7 Å². The lowest BCUT2D eigenvalue weighted by atomic mass is 9.99. The highest BCUT2D eigenvalue weighted by Gasteiger charge is 2.26. The fraction of sp³-hybridized carbons (Fsp3) is 0.632. The Hall–Kier alpha value is -0.860. The Bertz CT molecular complexity index is 482. The van der Waals surface area contributed by atoms with Crippen molar-refractivity contribution in [2.45, 2.75) is 59.1 Å². The zero-order chi connectivity index (χ0) is 19.2. The van der Waals surface area contributed by atoms with Gasteiger partial charge < -0.3 is 19.9 Å². The third kappa shape index (κ3) is 11.4. The number of aliphatic hydroxyl groups is 1. The van der Waals surface area contributed by atoms with Crippen LogP contribution in [0.3, 0.4) is 0 Å². The lowest BCUT2D eigenvalue weighted by Gasteiger charge is -2.22. The normalized spacial score (nSPS) is 13.8. The predicted molar refractivity (Wildman–Crippen MR) is 112 cm³/mol. The molecule has 146 valence electrons. The number of halogens is 1. The first kappa shape index (κ1) is 24.1. The largest absolute Gasteiger partial charge is 0.446 e. The van der Waals surface area contributed by atoms with Crippen LogP contribution in [0.2, 0.25) is 0 Å². The highest BCUT2D eigenvalue weighted by molar-refractivity contribution is 14.1. The minimum atomic E-state index is -0.271. The first-order valence-electron chi connectivity index (χ1n) is 8.78. The molecule has 25 heavy (non-hydrogen) atoms. The molecule has 6 heteroatoms. The van der Waals surface area contributed by atoms with Crippen molar-refractivity contribution in [1.82, 2.24) is 5.32 Å². The van der Waals surface area contributed by atoms with Crippen LogP contribution in [0.1, 0.15) is 47.5 Å². The maximum Gasteiger partial charge on any atom is 0.407 e. The Morgan fingerprint density at radius 1 is 1.36 bits per heavy atom. The molecule has 0 spiro atoms. The van der Waals surface area contributed by atoms with Crippen LogP contribution in [0.5, 0.6) is 0 Å². The van der Waals surface area contributed by atoms with Crippen LogP contribution in [-0.4, -0.2) is 37.2 Å². The van der Waals surface area contributed by atoms with Crippen molar-refractivity contribution in [2.75, 3.05) is 13.9 Å². The lowest BCUT2D eigenvalue weighted by molar-refractivity contribution is 0.0325. The molecule has 0 aliphatic heterocycles. The molecule has 1 amide bonds. The van der Waals surface area contributed by atoms with Gasteiger partial charge in [0.2, 0.25) is 0 Å². The molecular formula is C19H34INO4. The van der Waals surface area contributed by atoms with Gasteiger partial charge in [0.05, 0.1) is 0 Å². The van der Waals surface area contributed by atoms with Gasteiger partial charge >= 0.3 is 6.09 Å². The van der Waals surface area contributed by atoms with Gasteiger partial charge in [-0.25, -0.2) is 4.79 Å². The summed E-state index contributed by atoms with van der Waals surface area (Å²) in [4.78, 5) is 11.7. The summed E-state index contributed by atoms with van der Waals surface area (Å²) >= 11 is 2.32. The minimum Gasteiger partial charge on any atom is -0.446 e. The van der Waals surface area contributed by atoms with E-state index < -0.39 is 0 Å². The fourth-order valence-electron chi connectivity index (χ4n) is 1.86. The van der Waals surface area contributed by atoms with Gasteiger partial charge in [0.15, 0.2) is 0 Å². The number of methoxy groups -OCH3 is 1. The van der Waals surface area contributed by atoms with Crippen LogP contribution in [0.4, 0.5) is 4.79 Å². The number of rotatable bonds is 6. The number of carbonyl (C=O) groups excluding carboxylic acids is 1. The molecule has 1 aliphatic rings. The molecule has 2 rings (SSSR count). The quantitative estimate of drug-likeness (QED) is 0.474. The summed E-state index contributed by atoms with van der Waals surface area (Å²) in [6, 6.07) is 8.57. The lowest BCUT2D eigenvalue weighted by Crippen LogP contribution is -2.34. The Labute approximate surface area is 167 Å². The first-order chi connectivity index (χ1) is 12.0. The van der Waals surface area contributed by atoms with Crippen molar-refractivity contribution in [2.24, 2.45) is 5.92 Å². The number of ether oxygens (including phenoxy) is 2. The summed E-state index contributed by atoms with van der Waals surface area (Å²) in [7, 11) is 1.43. The fourth-order valence-corrected chi connectivity index (χ4v) is 2.47. The van der Waals surface area contributed by atoms with Gasteiger partial charge in [0, 0.05) is 24.6 Å². The molecule has 1 saturated carbocycles. The van der Waals surface area contributed by atoms with Crippen molar-refractivity contribution in [3.8, 4) is 0 Å².